The zero-order valence-electron chi connectivity index (χ0n) is 10.6. The third kappa shape index (κ3) is 3.09. The average Bonchev–Trinajstić information content (AvgIpc) is 2.41. The van der Waals surface area contributed by atoms with Gasteiger partial charge in [0, 0.05) is 24.2 Å². The van der Waals surface area contributed by atoms with Gasteiger partial charge in [-0.25, -0.2) is 0 Å². The maximum atomic E-state index is 11.0. The number of rotatable bonds is 4. The maximum absolute atomic E-state index is 11.0. The van der Waals surface area contributed by atoms with E-state index in [1.165, 1.54) is 12.1 Å². The minimum absolute atomic E-state index is 0.232. The molecule has 1 aliphatic heterocycles. The molecule has 1 heterocycles. The van der Waals surface area contributed by atoms with E-state index in [4.69, 9.17) is 4.74 Å². The van der Waals surface area contributed by atoms with Gasteiger partial charge in [-0.05, 0) is 18.9 Å². The van der Waals surface area contributed by atoms with E-state index in [9.17, 15) is 25.3 Å². The predicted molar refractivity (Wildman–Crippen MR) is 68.4 cm³/mol. The van der Waals surface area contributed by atoms with Gasteiger partial charge >= 0.3 is 0 Å². The van der Waals surface area contributed by atoms with E-state index in [2.05, 4.69) is 0 Å². The molecular weight excluding hydrogens is 268 g/mol. The summed E-state index contributed by atoms with van der Waals surface area (Å²) in [6.07, 6.45) is 0.180. The van der Waals surface area contributed by atoms with Gasteiger partial charge in [-0.3, -0.25) is 20.2 Å². The molecule has 1 aromatic rings. The molecule has 2 atom stereocenters. The first-order chi connectivity index (χ1) is 9.49. The standard InChI is InChI=1S/C12H14N2O6/c15-12-3-4-20-7-9(12)5-8-1-2-10(13(16)17)6-11(8)14(18)19/h1-2,6,9,12,15H,3-5,7H2. The molecule has 0 aliphatic carbocycles. The van der Waals surface area contributed by atoms with Crippen LogP contribution in [0.25, 0.3) is 0 Å². The lowest BCUT2D eigenvalue weighted by Crippen LogP contribution is -2.33. The van der Waals surface area contributed by atoms with Crippen molar-refractivity contribution in [3.05, 3.63) is 44.0 Å². The molecule has 2 rings (SSSR count). The lowest BCUT2D eigenvalue weighted by molar-refractivity contribution is -0.394. The molecule has 8 nitrogen and oxygen atoms in total. The summed E-state index contributed by atoms with van der Waals surface area (Å²) in [5.74, 6) is -0.232. The Kier molecular flexibility index (Phi) is 4.26. The third-order valence-corrected chi connectivity index (χ3v) is 3.39. The number of nitro groups is 2. The lowest BCUT2D eigenvalue weighted by atomic mass is 9.91. The fraction of sp³-hybridized carbons (Fsp3) is 0.500. The van der Waals surface area contributed by atoms with Crippen LogP contribution in [0.3, 0.4) is 0 Å². The molecule has 1 N–H and O–H groups in total. The molecular formula is C12H14N2O6. The van der Waals surface area contributed by atoms with Crippen LogP contribution in [0.15, 0.2) is 18.2 Å². The first kappa shape index (κ1) is 14.4. The largest absolute Gasteiger partial charge is 0.393 e. The summed E-state index contributed by atoms with van der Waals surface area (Å²) in [5, 5.41) is 31.5. The van der Waals surface area contributed by atoms with Crippen molar-refractivity contribution in [2.75, 3.05) is 13.2 Å². The van der Waals surface area contributed by atoms with Gasteiger partial charge in [0.25, 0.3) is 11.4 Å². The van der Waals surface area contributed by atoms with Crippen molar-refractivity contribution in [3.8, 4) is 0 Å². The second-order valence-corrected chi connectivity index (χ2v) is 4.72. The number of non-ortho nitro benzene ring substituents is 1. The summed E-state index contributed by atoms with van der Waals surface area (Å²) in [5.41, 5.74) is -0.243. The first-order valence-corrected chi connectivity index (χ1v) is 6.16. The van der Waals surface area contributed by atoms with E-state index >= 15 is 0 Å². The molecule has 0 spiro atoms. The fourth-order valence-electron chi connectivity index (χ4n) is 2.27. The zero-order chi connectivity index (χ0) is 14.7. The summed E-state index contributed by atoms with van der Waals surface area (Å²) in [4.78, 5) is 20.3. The highest BCUT2D eigenvalue weighted by Crippen LogP contribution is 2.29. The normalized spacial score (nSPS) is 22.4. The van der Waals surface area contributed by atoms with Crippen molar-refractivity contribution in [2.45, 2.75) is 18.9 Å². The Bertz CT molecular complexity index is 533. The summed E-state index contributed by atoms with van der Waals surface area (Å²) in [6, 6.07) is 3.56. The molecule has 1 aromatic carbocycles. The van der Waals surface area contributed by atoms with Gasteiger partial charge in [0.1, 0.15) is 0 Å². The van der Waals surface area contributed by atoms with Crippen molar-refractivity contribution < 1.29 is 19.7 Å². The number of ether oxygens (including phenoxy) is 1. The Balaban J connectivity index is 2.26. The minimum Gasteiger partial charge on any atom is -0.393 e. The highest BCUT2D eigenvalue weighted by atomic mass is 16.6. The van der Waals surface area contributed by atoms with Crippen LogP contribution in [-0.4, -0.2) is 34.3 Å². The Morgan fingerprint density at radius 1 is 1.30 bits per heavy atom. The molecule has 0 aromatic heterocycles. The van der Waals surface area contributed by atoms with Crippen molar-refractivity contribution in [1.29, 1.82) is 0 Å². The molecule has 1 aliphatic rings. The maximum Gasteiger partial charge on any atom is 0.279 e. The monoisotopic (exact) mass is 282 g/mol. The van der Waals surface area contributed by atoms with E-state index in [1.807, 2.05) is 0 Å². The molecule has 108 valence electrons. The van der Waals surface area contributed by atoms with E-state index in [0.29, 0.717) is 25.2 Å². The van der Waals surface area contributed by atoms with Gasteiger partial charge in [0.2, 0.25) is 0 Å². The molecule has 8 heteroatoms. The Hall–Kier alpha value is -2.06. The average molecular weight is 282 g/mol. The van der Waals surface area contributed by atoms with E-state index < -0.39 is 16.0 Å². The van der Waals surface area contributed by atoms with Gasteiger partial charge in [-0.1, -0.05) is 0 Å². The molecule has 1 saturated heterocycles. The molecule has 0 radical (unpaired) electrons. The Morgan fingerprint density at radius 2 is 2.05 bits per heavy atom. The first-order valence-electron chi connectivity index (χ1n) is 6.16. The molecule has 1 fully saturated rings. The molecule has 2 unspecified atom stereocenters. The van der Waals surface area contributed by atoms with Crippen LogP contribution in [-0.2, 0) is 11.2 Å². The smallest absolute Gasteiger partial charge is 0.279 e. The predicted octanol–water partition coefficient (Wildman–Crippen LogP) is 1.44. The fourth-order valence-corrected chi connectivity index (χ4v) is 2.27. The highest BCUT2D eigenvalue weighted by Gasteiger charge is 2.28. The second kappa shape index (κ2) is 5.93. The summed E-state index contributed by atoms with van der Waals surface area (Å²) in [7, 11) is 0. The second-order valence-electron chi connectivity index (χ2n) is 4.72. The van der Waals surface area contributed by atoms with Gasteiger partial charge in [0.05, 0.1) is 28.6 Å². The van der Waals surface area contributed by atoms with Gasteiger partial charge in [0.15, 0.2) is 0 Å². The molecule has 0 saturated carbocycles. The van der Waals surface area contributed by atoms with Crippen molar-refractivity contribution in [1.82, 2.24) is 0 Å². The number of hydrogen-bond acceptors (Lipinski definition) is 6. The topological polar surface area (TPSA) is 116 Å². The van der Waals surface area contributed by atoms with Gasteiger partial charge in [-0.2, -0.15) is 0 Å². The number of benzene rings is 1. The van der Waals surface area contributed by atoms with Gasteiger partial charge < -0.3 is 9.84 Å². The van der Waals surface area contributed by atoms with Crippen molar-refractivity contribution >= 4 is 11.4 Å². The van der Waals surface area contributed by atoms with Gasteiger partial charge in [-0.15, -0.1) is 0 Å². The SMILES string of the molecule is O=[N+]([O-])c1ccc(CC2COCCC2O)c([N+](=O)[O-])c1. The van der Waals surface area contributed by atoms with Crippen LogP contribution in [0, 0.1) is 26.1 Å². The highest BCUT2D eigenvalue weighted by molar-refractivity contribution is 5.49. The number of nitro benzene ring substituents is 2. The summed E-state index contributed by atoms with van der Waals surface area (Å²) >= 11 is 0. The van der Waals surface area contributed by atoms with Crippen LogP contribution in [0.5, 0.6) is 0 Å². The number of nitrogens with zero attached hydrogens (tertiary/aromatic N) is 2. The minimum atomic E-state index is -0.671. The van der Waals surface area contributed by atoms with E-state index in [-0.39, 0.29) is 23.7 Å². The Labute approximate surface area is 114 Å². The number of aliphatic hydroxyl groups is 1. The lowest BCUT2D eigenvalue weighted by Gasteiger charge is -2.27. The Morgan fingerprint density at radius 3 is 2.65 bits per heavy atom. The molecule has 0 bridgehead atoms. The van der Waals surface area contributed by atoms with Crippen LogP contribution in [0.4, 0.5) is 11.4 Å². The zero-order valence-corrected chi connectivity index (χ0v) is 10.6. The summed E-state index contributed by atoms with van der Waals surface area (Å²) < 4.78 is 5.25. The summed E-state index contributed by atoms with van der Waals surface area (Å²) in [6.45, 7) is 0.801. The molecule has 0 amide bonds. The van der Waals surface area contributed by atoms with Crippen LogP contribution in [0.1, 0.15) is 12.0 Å². The quantitative estimate of drug-likeness (QED) is 0.659. The molecule has 20 heavy (non-hydrogen) atoms. The third-order valence-electron chi connectivity index (χ3n) is 3.39. The van der Waals surface area contributed by atoms with Crippen LogP contribution < -0.4 is 0 Å². The van der Waals surface area contributed by atoms with Crippen molar-refractivity contribution in [3.63, 3.8) is 0 Å². The van der Waals surface area contributed by atoms with E-state index in [0.717, 1.165) is 6.07 Å². The van der Waals surface area contributed by atoms with Crippen LogP contribution >= 0.6 is 0 Å². The number of hydrogen-bond donors (Lipinski definition) is 1. The van der Waals surface area contributed by atoms with E-state index in [1.54, 1.807) is 0 Å². The van der Waals surface area contributed by atoms with Crippen LogP contribution in [0.2, 0.25) is 0 Å². The number of aliphatic hydroxyl groups excluding tert-OH is 1. The van der Waals surface area contributed by atoms with Crippen molar-refractivity contribution in [2.24, 2.45) is 5.92 Å².